The van der Waals surface area contributed by atoms with Gasteiger partial charge in [-0.3, -0.25) is 0 Å². The van der Waals surface area contributed by atoms with Gasteiger partial charge in [-0.05, 0) is 42.0 Å². The van der Waals surface area contributed by atoms with Crippen molar-refractivity contribution in [1.82, 2.24) is 0 Å². The van der Waals surface area contributed by atoms with Crippen molar-refractivity contribution in [3.05, 3.63) is 101 Å². The third kappa shape index (κ3) is 4.39. The van der Waals surface area contributed by atoms with Crippen LogP contribution in [-0.2, 0) is 0 Å². The topological polar surface area (TPSA) is 12.0 Å². The smallest absolute Gasteiger partial charge is 0.114 e. The second-order valence-electron chi connectivity index (χ2n) is 5.13. The van der Waals surface area contributed by atoms with Crippen molar-refractivity contribution in [2.45, 2.75) is 6.04 Å². The Labute approximate surface area is 141 Å². The first-order valence-corrected chi connectivity index (χ1v) is 7.83. The highest BCUT2D eigenvalue weighted by atomic mass is 35.5. The van der Waals surface area contributed by atoms with Crippen molar-refractivity contribution in [3.8, 4) is 11.8 Å². The number of benzene rings is 3. The van der Waals surface area contributed by atoms with E-state index < -0.39 is 0 Å². The summed E-state index contributed by atoms with van der Waals surface area (Å²) in [6.07, 6.45) is 0. The van der Waals surface area contributed by atoms with Crippen molar-refractivity contribution < 1.29 is 0 Å². The van der Waals surface area contributed by atoms with E-state index in [1.165, 1.54) is 0 Å². The molecule has 0 bridgehead atoms. The molecule has 0 aliphatic rings. The minimum absolute atomic E-state index is 0.0856. The molecule has 0 amide bonds. The van der Waals surface area contributed by atoms with Gasteiger partial charge in [0.05, 0.1) is 0 Å². The maximum atomic E-state index is 5.95. The molecular formula is C21H16ClN. The Morgan fingerprint density at radius 2 is 1.35 bits per heavy atom. The Morgan fingerprint density at radius 1 is 0.739 bits per heavy atom. The zero-order chi connectivity index (χ0) is 15.9. The summed E-state index contributed by atoms with van der Waals surface area (Å²) in [4.78, 5) is 0. The molecule has 0 fully saturated rings. The highest BCUT2D eigenvalue weighted by Crippen LogP contribution is 2.21. The molecule has 3 rings (SSSR count). The van der Waals surface area contributed by atoms with Gasteiger partial charge in [-0.25, -0.2) is 0 Å². The molecule has 2 heteroatoms. The van der Waals surface area contributed by atoms with Gasteiger partial charge in [0.15, 0.2) is 0 Å². The van der Waals surface area contributed by atoms with Gasteiger partial charge in [0.1, 0.15) is 6.04 Å². The quantitative estimate of drug-likeness (QED) is 0.625. The summed E-state index contributed by atoms with van der Waals surface area (Å²) in [5, 5.41) is 4.18. The molecular weight excluding hydrogens is 302 g/mol. The maximum Gasteiger partial charge on any atom is 0.114 e. The fourth-order valence-corrected chi connectivity index (χ4v) is 2.36. The summed E-state index contributed by atoms with van der Waals surface area (Å²) in [5.74, 6) is 6.56. The molecule has 0 radical (unpaired) electrons. The molecule has 0 spiro atoms. The van der Waals surface area contributed by atoms with Gasteiger partial charge >= 0.3 is 0 Å². The highest BCUT2D eigenvalue weighted by molar-refractivity contribution is 6.30. The van der Waals surface area contributed by atoms with Gasteiger partial charge in [-0.1, -0.05) is 72.0 Å². The first-order valence-electron chi connectivity index (χ1n) is 7.45. The van der Waals surface area contributed by atoms with E-state index in [-0.39, 0.29) is 6.04 Å². The van der Waals surface area contributed by atoms with E-state index in [1.807, 2.05) is 72.8 Å². The van der Waals surface area contributed by atoms with Crippen molar-refractivity contribution in [1.29, 1.82) is 0 Å². The van der Waals surface area contributed by atoms with Gasteiger partial charge in [-0.15, -0.1) is 0 Å². The van der Waals surface area contributed by atoms with Gasteiger partial charge in [-0.2, -0.15) is 0 Å². The predicted molar refractivity (Wildman–Crippen MR) is 97.6 cm³/mol. The Bertz CT molecular complexity index is 799. The molecule has 23 heavy (non-hydrogen) atoms. The minimum Gasteiger partial charge on any atom is -0.368 e. The Balaban J connectivity index is 1.88. The molecule has 112 valence electrons. The van der Waals surface area contributed by atoms with Crippen LogP contribution in [0, 0.1) is 11.8 Å². The molecule has 0 heterocycles. The molecule has 0 aliphatic heterocycles. The summed E-state index contributed by atoms with van der Waals surface area (Å²) in [6.45, 7) is 0. The molecule has 3 aromatic rings. The average molecular weight is 318 g/mol. The van der Waals surface area contributed by atoms with Crippen LogP contribution in [0.1, 0.15) is 17.2 Å². The van der Waals surface area contributed by atoms with Crippen LogP contribution >= 0.6 is 11.6 Å². The van der Waals surface area contributed by atoms with Crippen LogP contribution in [0.2, 0.25) is 5.02 Å². The standard InChI is InChI=1S/C21H16ClN/c22-19-12-14-20(15-13-19)23-21(18-9-5-2-6-10-18)16-11-17-7-3-1-4-8-17/h1-10,12-15,21,23H. The third-order valence-corrected chi connectivity index (χ3v) is 3.67. The zero-order valence-electron chi connectivity index (χ0n) is 12.5. The van der Waals surface area contributed by atoms with E-state index in [9.17, 15) is 0 Å². The summed E-state index contributed by atoms with van der Waals surface area (Å²) in [6, 6.07) is 27.8. The first-order chi connectivity index (χ1) is 11.3. The van der Waals surface area contributed by atoms with Gasteiger partial charge in [0, 0.05) is 16.3 Å². The molecule has 1 nitrogen and oxygen atoms in total. The lowest BCUT2D eigenvalue weighted by Gasteiger charge is -2.15. The summed E-state index contributed by atoms with van der Waals surface area (Å²) >= 11 is 5.95. The van der Waals surface area contributed by atoms with Crippen LogP contribution in [0.4, 0.5) is 5.69 Å². The van der Waals surface area contributed by atoms with E-state index in [1.54, 1.807) is 0 Å². The largest absolute Gasteiger partial charge is 0.368 e. The summed E-state index contributed by atoms with van der Waals surface area (Å²) in [5.41, 5.74) is 3.13. The Kier molecular flexibility index (Phi) is 4.99. The minimum atomic E-state index is -0.0856. The van der Waals surface area contributed by atoms with Crippen LogP contribution in [0.3, 0.4) is 0 Å². The van der Waals surface area contributed by atoms with Gasteiger partial charge in [0.2, 0.25) is 0 Å². The molecule has 0 aromatic heterocycles. The fraction of sp³-hybridized carbons (Fsp3) is 0.0476. The molecule has 0 aliphatic carbocycles. The fourth-order valence-electron chi connectivity index (χ4n) is 2.24. The number of rotatable bonds is 3. The second-order valence-corrected chi connectivity index (χ2v) is 5.57. The molecule has 0 saturated carbocycles. The van der Waals surface area contributed by atoms with Crippen molar-refractivity contribution >= 4 is 17.3 Å². The Morgan fingerprint density at radius 3 is 2.00 bits per heavy atom. The lowest BCUT2D eigenvalue weighted by molar-refractivity contribution is 1.02. The van der Waals surface area contributed by atoms with Gasteiger partial charge in [0.25, 0.3) is 0 Å². The van der Waals surface area contributed by atoms with Crippen LogP contribution < -0.4 is 5.32 Å². The maximum absolute atomic E-state index is 5.95. The van der Waals surface area contributed by atoms with Crippen LogP contribution in [0.25, 0.3) is 0 Å². The van der Waals surface area contributed by atoms with Crippen LogP contribution in [-0.4, -0.2) is 0 Å². The number of halogens is 1. The lowest BCUT2D eigenvalue weighted by atomic mass is 10.1. The third-order valence-electron chi connectivity index (χ3n) is 3.42. The summed E-state index contributed by atoms with van der Waals surface area (Å²) < 4.78 is 0. The van der Waals surface area contributed by atoms with E-state index in [0.29, 0.717) is 0 Å². The highest BCUT2D eigenvalue weighted by Gasteiger charge is 2.07. The van der Waals surface area contributed by atoms with Crippen molar-refractivity contribution in [3.63, 3.8) is 0 Å². The Hall–Kier alpha value is -2.69. The van der Waals surface area contributed by atoms with Crippen molar-refractivity contribution in [2.75, 3.05) is 5.32 Å². The van der Waals surface area contributed by atoms with E-state index >= 15 is 0 Å². The van der Waals surface area contributed by atoms with Crippen LogP contribution in [0.15, 0.2) is 84.9 Å². The zero-order valence-corrected chi connectivity index (χ0v) is 13.3. The lowest BCUT2D eigenvalue weighted by Crippen LogP contribution is -2.08. The van der Waals surface area contributed by atoms with E-state index in [0.717, 1.165) is 21.8 Å². The average Bonchev–Trinajstić information content (AvgIpc) is 2.62. The van der Waals surface area contributed by atoms with Crippen molar-refractivity contribution in [2.24, 2.45) is 0 Å². The summed E-state index contributed by atoms with van der Waals surface area (Å²) in [7, 11) is 0. The monoisotopic (exact) mass is 317 g/mol. The SMILES string of the molecule is Clc1ccc(NC(C#Cc2ccccc2)c2ccccc2)cc1. The number of nitrogens with one attached hydrogen (secondary N) is 1. The number of hydrogen-bond acceptors (Lipinski definition) is 1. The molecule has 3 aromatic carbocycles. The number of hydrogen-bond donors (Lipinski definition) is 1. The molecule has 1 atom stereocenters. The van der Waals surface area contributed by atoms with Crippen LogP contribution in [0.5, 0.6) is 0 Å². The van der Waals surface area contributed by atoms with Gasteiger partial charge < -0.3 is 5.32 Å². The molecule has 0 saturated heterocycles. The van der Waals surface area contributed by atoms with E-state index in [4.69, 9.17) is 11.6 Å². The molecule has 1 unspecified atom stereocenters. The van der Waals surface area contributed by atoms with E-state index in [2.05, 4.69) is 29.3 Å². The first kappa shape index (κ1) is 15.2. The normalized spacial score (nSPS) is 11.2. The molecule has 1 N–H and O–H groups in total. The second kappa shape index (κ2) is 7.54. The number of anilines is 1. The predicted octanol–water partition coefficient (Wildman–Crippen LogP) is 5.54.